The summed E-state index contributed by atoms with van der Waals surface area (Å²) in [5, 5.41) is 24.9. The Labute approximate surface area is 204 Å². The maximum Gasteiger partial charge on any atom is 0.319 e. The number of nitrogens with one attached hydrogen (secondary N) is 2. The van der Waals surface area contributed by atoms with Crippen LogP contribution in [-0.4, -0.2) is 51.0 Å². The zero-order chi connectivity index (χ0) is 23.2. The van der Waals surface area contributed by atoms with Crippen LogP contribution in [0.2, 0.25) is 10.0 Å². The van der Waals surface area contributed by atoms with Crippen LogP contribution in [-0.2, 0) is 11.3 Å². The zero-order valence-electron chi connectivity index (χ0n) is 18.6. The number of benzene rings is 1. The van der Waals surface area contributed by atoms with E-state index in [1.165, 1.54) is 32.1 Å². The molecule has 1 aliphatic carbocycles. The first-order chi connectivity index (χ1) is 16.0. The molecular formula is C23H31Cl2N5O3. The van der Waals surface area contributed by atoms with Gasteiger partial charge in [0.1, 0.15) is 6.10 Å². The molecule has 10 heteroatoms. The first-order valence-electron chi connectivity index (χ1n) is 11.7. The average Bonchev–Trinajstić information content (AvgIpc) is 3.30. The maximum absolute atomic E-state index is 12.4. The minimum absolute atomic E-state index is 0.000614. The van der Waals surface area contributed by atoms with Crippen LogP contribution in [0.25, 0.3) is 0 Å². The van der Waals surface area contributed by atoms with Gasteiger partial charge in [-0.05, 0) is 50.3 Å². The lowest BCUT2D eigenvalue weighted by molar-refractivity contribution is -0.0905. The van der Waals surface area contributed by atoms with Gasteiger partial charge in [-0.15, -0.1) is 5.10 Å². The summed E-state index contributed by atoms with van der Waals surface area (Å²) >= 11 is 11.9. The van der Waals surface area contributed by atoms with E-state index >= 15 is 0 Å². The van der Waals surface area contributed by atoms with Crippen molar-refractivity contribution in [2.45, 2.75) is 82.1 Å². The Kier molecular flexibility index (Phi) is 8.46. The fraction of sp³-hybridized carbons (Fsp3) is 0.609. The maximum atomic E-state index is 12.4. The summed E-state index contributed by atoms with van der Waals surface area (Å²) in [6.45, 7) is 0.557. The van der Waals surface area contributed by atoms with Gasteiger partial charge in [-0.3, -0.25) is 4.68 Å². The highest BCUT2D eigenvalue weighted by atomic mass is 35.5. The van der Waals surface area contributed by atoms with Crippen molar-refractivity contribution in [2.75, 3.05) is 11.9 Å². The summed E-state index contributed by atoms with van der Waals surface area (Å²) < 4.78 is 7.99. The van der Waals surface area contributed by atoms with E-state index in [-0.39, 0.29) is 24.8 Å². The Morgan fingerprint density at radius 2 is 1.97 bits per heavy atom. The van der Waals surface area contributed by atoms with Crippen LogP contribution >= 0.6 is 23.2 Å². The molecule has 1 saturated carbocycles. The molecule has 0 unspecified atom stereocenters. The third-order valence-corrected chi connectivity index (χ3v) is 7.29. The summed E-state index contributed by atoms with van der Waals surface area (Å²) in [4.78, 5) is 12.4. The molecule has 180 valence electrons. The predicted molar refractivity (Wildman–Crippen MR) is 128 cm³/mol. The predicted octanol–water partition coefficient (Wildman–Crippen LogP) is 4.75. The number of nitrogens with zero attached hydrogens (tertiary/aromatic N) is 3. The van der Waals surface area contributed by atoms with Crippen molar-refractivity contribution < 1.29 is 14.6 Å². The number of carbonyl (C=O) groups excluding carboxylic acids is 1. The number of hydrogen-bond acceptors (Lipinski definition) is 5. The van der Waals surface area contributed by atoms with Crippen molar-refractivity contribution in [2.24, 2.45) is 0 Å². The molecule has 2 aliphatic rings. The Balaban J connectivity index is 1.24. The Hall–Kier alpha value is -1.87. The highest BCUT2D eigenvalue weighted by molar-refractivity contribution is 6.42. The molecule has 0 spiro atoms. The second-order valence-electron chi connectivity index (χ2n) is 8.92. The van der Waals surface area contributed by atoms with Gasteiger partial charge in [0, 0.05) is 24.3 Å². The molecule has 1 saturated heterocycles. The Bertz CT molecular complexity index is 935. The molecule has 3 N–H and O–H groups in total. The van der Waals surface area contributed by atoms with Gasteiger partial charge < -0.3 is 20.5 Å². The van der Waals surface area contributed by atoms with Crippen LogP contribution in [0.3, 0.4) is 0 Å². The lowest BCUT2D eigenvalue weighted by Crippen LogP contribution is -2.52. The van der Waals surface area contributed by atoms with Gasteiger partial charge in [0.05, 0.1) is 34.5 Å². The number of hydrogen-bond donors (Lipinski definition) is 3. The minimum Gasteiger partial charge on any atom is -0.394 e. The molecule has 1 aromatic carbocycles. The number of aromatic nitrogens is 3. The number of aryl methyl sites for hydroxylation is 1. The van der Waals surface area contributed by atoms with Crippen molar-refractivity contribution in [1.29, 1.82) is 0 Å². The molecule has 2 aromatic rings. The van der Waals surface area contributed by atoms with Crippen molar-refractivity contribution in [3.8, 4) is 0 Å². The van der Waals surface area contributed by atoms with Crippen LogP contribution in [0.4, 0.5) is 10.5 Å². The number of halogens is 2. The SMILES string of the molecule is O=C(Nc1ccc(Cl)c(Cl)c1)N[C@@H]1CC[C@@H](CCn2cc(C3CCCCC3)nn2)O[C@@H]1CO. The molecule has 2 fully saturated rings. The number of ether oxygens (including phenoxy) is 1. The normalized spacial score (nSPS) is 23.9. The number of anilines is 1. The van der Waals surface area contributed by atoms with Gasteiger partial charge in [0.2, 0.25) is 0 Å². The van der Waals surface area contributed by atoms with Gasteiger partial charge >= 0.3 is 6.03 Å². The van der Waals surface area contributed by atoms with Crippen molar-refractivity contribution in [3.05, 3.63) is 40.1 Å². The molecule has 0 radical (unpaired) electrons. The molecule has 0 bridgehead atoms. The largest absolute Gasteiger partial charge is 0.394 e. The van der Waals surface area contributed by atoms with E-state index in [1.807, 2.05) is 4.68 Å². The van der Waals surface area contributed by atoms with Crippen LogP contribution in [0.15, 0.2) is 24.4 Å². The second-order valence-corrected chi connectivity index (χ2v) is 9.73. The van der Waals surface area contributed by atoms with Crippen molar-refractivity contribution in [1.82, 2.24) is 20.3 Å². The van der Waals surface area contributed by atoms with E-state index < -0.39 is 6.10 Å². The third-order valence-electron chi connectivity index (χ3n) is 6.55. The average molecular weight is 496 g/mol. The minimum atomic E-state index is -0.461. The van der Waals surface area contributed by atoms with E-state index in [0.717, 1.165) is 31.5 Å². The quantitative estimate of drug-likeness (QED) is 0.514. The number of aliphatic hydroxyl groups excluding tert-OH is 1. The van der Waals surface area contributed by atoms with Gasteiger partial charge in [-0.25, -0.2) is 4.79 Å². The summed E-state index contributed by atoms with van der Waals surface area (Å²) in [6, 6.07) is 4.23. The molecule has 1 aromatic heterocycles. The fourth-order valence-corrected chi connectivity index (χ4v) is 5.00. The number of aliphatic hydroxyl groups is 1. The standard InChI is InChI=1S/C23H31Cl2N5O3/c24-18-8-6-16(12-19(18)25)26-23(32)27-20-9-7-17(33-22(20)14-31)10-11-30-13-21(28-29-30)15-4-2-1-3-5-15/h6,8,12-13,15,17,20,22,31H,1-5,7,9-11,14H2,(H2,26,27,32)/t17-,20+,22+/m0/s1. The number of urea groups is 1. The van der Waals surface area contributed by atoms with Crippen LogP contribution in [0.1, 0.15) is 63.0 Å². The second kappa shape index (κ2) is 11.5. The molecule has 4 rings (SSSR count). The first kappa shape index (κ1) is 24.3. The molecule has 1 aliphatic heterocycles. The lowest BCUT2D eigenvalue weighted by Gasteiger charge is -2.36. The summed E-state index contributed by atoms with van der Waals surface area (Å²) in [5.74, 6) is 0.541. The number of carbonyl (C=O) groups is 1. The fourth-order valence-electron chi connectivity index (χ4n) is 4.70. The van der Waals surface area contributed by atoms with Gasteiger partial charge in [0.15, 0.2) is 0 Å². The summed E-state index contributed by atoms with van der Waals surface area (Å²) in [5.41, 5.74) is 1.64. The monoisotopic (exact) mass is 495 g/mol. The molecule has 33 heavy (non-hydrogen) atoms. The van der Waals surface area contributed by atoms with E-state index in [4.69, 9.17) is 27.9 Å². The van der Waals surface area contributed by atoms with Crippen LogP contribution in [0, 0.1) is 0 Å². The van der Waals surface area contributed by atoms with Crippen molar-refractivity contribution >= 4 is 34.9 Å². The Morgan fingerprint density at radius 3 is 2.73 bits per heavy atom. The molecule has 2 amide bonds. The van der Waals surface area contributed by atoms with E-state index in [0.29, 0.717) is 21.7 Å². The van der Waals surface area contributed by atoms with Crippen molar-refractivity contribution in [3.63, 3.8) is 0 Å². The molecule has 3 atom stereocenters. The van der Waals surface area contributed by atoms with Gasteiger partial charge in [-0.2, -0.15) is 0 Å². The van der Waals surface area contributed by atoms with Gasteiger partial charge in [-0.1, -0.05) is 47.7 Å². The summed E-state index contributed by atoms with van der Waals surface area (Å²) in [7, 11) is 0. The first-order valence-corrected chi connectivity index (χ1v) is 12.5. The third kappa shape index (κ3) is 6.59. The molecule has 8 nitrogen and oxygen atoms in total. The zero-order valence-corrected chi connectivity index (χ0v) is 20.1. The molecule has 2 heterocycles. The lowest BCUT2D eigenvalue weighted by atomic mass is 9.87. The van der Waals surface area contributed by atoms with E-state index in [1.54, 1.807) is 18.2 Å². The number of rotatable bonds is 7. The molecular weight excluding hydrogens is 465 g/mol. The van der Waals surface area contributed by atoms with Crippen LogP contribution < -0.4 is 10.6 Å². The highest BCUT2D eigenvalue weighted by Gasteiger charge is 2.32. The Morgan fingerprint density at radius 1 is 1.15 bits per heavy atom. The van der Waals surface area contributed by atoms with Gasteiger partial charge in [0.25, 0.3) is 0 Å². The highest BCUT2D eigenvalue weighted by Crippen LogP contribution is 2.31. The van der Waals surface area contributed by atoms with Crippen LogP contribution in [0.5, 0.6) is 0 Å². The number of amides is 2. The topological polar surface area (TPSA) is 101 Å². The van der Waals surface area contributed by atoms with E-state index in [9.17, 15) is 9.90 Å². The smallest absolute Gasteiger partial charge is 0.319 e. The summed E-state index contributed by atoms with van der Waals surface area (Å²) in [6.07, 6.45) is 10.2. The van der Waals surface area contributed by atoms with E-state index in [2.05, 4.69) is 27.1 Å².